The van der Waals surface area contributed by atoms with Crippen LogP contribution in [0.3, 0.4) is 0 Å². The lowest BCUT2D eigenvalue weighted by Crippen LogP contribution is -2.30. The third-order valence-corrected chi connectivity index (χ3v) is 8.58. The SMILES string of the molecule is CN(C)CC(C(=O)Nc1ccc2cnccc2c1)c1ccsc1.CN(C)CC(C(=O)O)c1ccsc1.Cl.Cl.Nc1ccc2cnccc2c1. The van der Waals surface area contributed by atoms with Crippen LogP contribution >= 0.6 is 47.5 Å². The van der Waals surface area contributed by atoms with Crippen molar-refractivity contribution in [2.24, 2.45) is 0 Å². The number of likely N-dealkylation sites (N-methyl/N-ethyl adjacent to an activating group) is 2. The van der Waals surface area contributed by atoms with E-state index < -0.39 is 11.9 Å². The molecule has 4 N–H and O–H groups in total. The fourth-order valence-electron chi connectivity index (χ4n) is 4.83. The largest absolute Gasteiger partial charge is 0.481 e. The van der Waals surface area contributed by atoms with E-state index >= 15 is 0 Å². The molecule has 6 rings (SSSR count). The highest BCUT2D eigenvalue weighted by Gasteiger charge is 2.22. The van der Waals surface area contributed by atoms with Gasteiger partial charge in [-0.2, -0.15) is 22.7 Å². The molecule has 0 aliphatic heterocycles. The first-order valence-electron chi connectivity index (χ1n) is 14.9. The van der Waals surface area contributed by atoms with Gasteiger partial charge in [0.1, 0.15) is 0 Å². The summed E-state index contributed by atoms with van der Waals surface area (Å²) in [5.41, 5.74) is 9.17. The van der Waals surface area contributed by atoms with Crippen LogP contribution in [0.4, 0.5) is 11.4 Å². The fourth-order valence-corrected chi connectivity index (χ4v) is 6.26. The molecule has 6 aromatic rings. The minimum absolute atomic E-state index is 0. The average molecular weight is 742 g/mol. The van der Waals surface area contributed by atoms with Crippen LogP contribution in [-0.2, 0) is 9.59 Å². The van der Waals surface area contributed by atoms with Gasteiger partial charge in [-0.3, -0.25) is 19.6 Å². The molecular formula is C36H42Cl2N6O3S2. The predicted octanol–water partition coefficient (Wildman–Crippen LogP) is 7.72. The second kappa shape index (κ2) is 20.4. The molecule has 4 aromatic heterocycles. The first kappa shape index (κ1) is 41.1. The number of carbonyl (C=O) groups excluding carboxylic acids is 1. The van der Waals surface area contributed by atoms with Gasteiger partial charge in [0.15, 0.2) is 0 Å². The Bertz CT molecular complexity index is 1870. The number of hydrogen-bond acceptors (Lipinski definition) is 9. The second-order valence-electron chi connectivity index (χ2n) is 11.5. The molecule has 0 radical (unpaired) electrons. The van der Waals surface area contributed by atoms with Gasteiger partial charge in [-0.25, -0.2) is 0 Å². The smallest absolute Gasteiger partial charge is 0.312 e. The summed E-state index contributed by atoms with van der Waals surface area (Å²) in [5, 5.41) is 24.3. The number of halogens is 2. The lowest BCUT2D eigenvalue weighted by Gasteiger charge is -2.20. The fraction of sp³-hybridized carbons (Fsp3) is 0.222. The van der Waals surface area contributed by atoms with Crippen LogP contribution in [0.15, 0.2) is 107 Å². The van der Waals surface area contributed by atoms with Gasteiger partial charge in [-0.05, 0) is 120 Å². The summed E-state index contributed by atoms with van der Waals surface area (Å²) in [5.74, 6) is -1.32. The number of carboxylic acid groups (broad SMARTS) is 1. The number of nitrogens with two attached hydrogens (primary N) is 1. The number of aliphatic carboxylic acids is 1. The molecule has 1 amide bonds. The normalized spacial score (nSPS) is 11.6. The molecule has 4 heterocycles. The average Bonchev–Trinajstić information content (AvgIpc) is 3.78. The van der Waals surface area contributed by atoms with E-state index in [9.17, 15) is 9.59 Å². The number of thiophene rings is 2. The summed E-state index contributed by atoms with van der Waals surface area (Å²) < 4.78 is 0. The van der Waals surface area contributed by atoms with Crippen molar-refractivity contribution in [3.63, 3.8) is 0 Å². The molecule has 0 bridgehead atoms. The molecule has 2 unspecified atom stereocenters. The minimum Gasteiger partial charge on any atom is -0.481 e. The Morgan fingerprint density at radius 2 is 1.24 bits per heavy atom. The van der Waals surface area contributed by atoms with E-state index in [0.717, 1.165) is 44.0 Å². The number of rotatable bonds is 9. The molecule has 0 saturated heterocycles. The van der Waals surface area contributed by atoms with Crippen LogP contribution < -0.4 is 11.1 Å². The first-order chi connectivity index (χ1) is 22.6. The third-order valence-electron chi connectivity index (χ3n) is 7.17. The third kappa shape index (κ3) is 12.7. The van der Waals surface area contributed by atoms with Gasteiger partial charge >= 0.3 is 5.97 Å². The summed E-state index contributed by atoms with van der Waals surface area (Å²) in [6, 6.07) is 19.4. The zero-order valence-electron chi connectivity index (χ0n) is 27.7. The Balaban J connectivity index is 0.000000273. The molecule has 0 saturated carbocycles. The molecule has 0 aliphatic rings. The maximum absolute atomic E-state index is 12.7. The molecule has 2 atom stereocenters. The van der Waals surface area contributed by atoms with Gasteiger partial charge in [-0.15, -0.1) is 24.8 Å². The number of nitrogens with one attached hydrogen (secondary N) is 1. The van der Waals surface area contributed by atoms with Crippen LogP contribution in [-0.4, -0.2) is 78.0 Å². The molecule has 9 nitrogen and oxygen atoms in total. The summed E-state index contributed by atoms with van der Waals surface area (Å²) in [4.78, 5) is 35.7. The number of aromatic nitrogens is 2. The summed E-state index contributed by atoms with van der Waals surface area (Å²) in [6.45, 7) is 1.23. The summed E-state index contributed by atoms with van der Waals surface area (Å²) in [7, 11) is 7.72. The van der Waals surface area contributed by atoms with Gasteiger partial charge in [0.05, 0.1) is 11.8 Å². The van der Waals surface area contributed by atoms with E-state index in [1.54, 1.807) is 23.7 Å². The van der Waals surface area contributed by atoms with Crippen molar-refractivity contribution in [2.75, 3.05) is 52.3 Å². The summed E-state index contributed by atoms with van der Waals surface area (Å²) in [6.07, 6.45) is 7.17. The number of carbonyl (C=O) groups is 2. The van der Waals surface area contributed by atoms with Crippen molar-refractivity contribution in [3.8, 4) is 0 Å². The first-order valence-corrected chi connectivity index (χ1v) is 16.8. The Morgan fingerprint density at radius 1 is 0.735 bits per heavy atom. The predicted molar refractivity (Wildman–Crippen MR) is 210 cm³/mol. The van der Waals surface area contributed by atoms with E-state index in [1.807, 2.05) is 133 Å². The Kier molecular flexibility index (Phi) is 17.1. The zero-order valence-corrected chi connectivity index (χ0v) is 31.0. The number of anilines is 2. The van der Waals surface area contributed by atoms with Crippen molar-refractivity contribution in [1.29, 1.82) is 0 Å². The van der Waals surface area contributed by atoms with Gasteiger partial charge in [-0.1, -0.05) is 12.1 Å². The van der Waals surface area contributed by atoms with E-state index in [1.165, 1.54) is 11.3 Å². The number of benzene rings is 2. The van der Waals surface area contributed by atoms with Crippen molar-refractivity contribution >= 4 is 92.3 Å². The van der Waals surface area contributed by atoms with Crippen LogP contribution in [0.25, 0.3) is 21.5 Å². The van der Waals surface area contributed by atoms with Gasteiger partial charge < -0.3 is 26.0 Å². The van der Waals surface area contributed by atoms with Crippen molar-refractivity contribution in [3.05, 3.63) is 118 Å². The Labute approximate surface area is 307 Å². The standard InChI is InChI=1S/C18H19N3OS.C9H8N2.C9H13NO2S.2ClH/c1-21(2)11-17(15-6-8-23-12-15)18(22)20-16-4-3-14-10-19-7-5-13(14)9-16;10-9-2-1-8-6-11-4-3-7(8)5-9;1-10(2)5-8(9(11)12)7-3-4-13-6-7;;/h3-10,12,17H,11H2,1-2H3,(H,20,22);1-6H,10H2;3-4,6,8H,5H2,1-2H3,(H,11,12);2*1H. The number of amides is 1. The van der Waals surface area contributed by atoms with Crippen molar-refractivity contribution < 1.29 is 14.7 Å². The van der Waals surface area contributed by atoms with Crippen molar-refractivity contribution in [1.82, 2.24) is 19.8 Å². The van der Waals surface area contributed by atoms with Gasteiger partial charge in [0, 0.05) is 60.0 Å². The highest BCUT2D eigenvalue weighted by Crippen LogP contribution is 2.24. The Hall–Kier alpha value is -4.10. The molecule has 13 heteroatoms. The van der Waals surface area contributed by atoms with E-state index in [0.29, 0.717) is 13.1 Å². The molecule has 260 valence electrons. The maximum atomic E-state index is 12.7. The van der Waals surface area contributed by atoms with E-state index in [2.05, 4.69) is 15.3 Å². The van der Waals surface area contributed by atoms with E-state index in [-0.39, 0.29) is 36.6 Å². The van der Waals surface area contributed by atoms with Crippen LogP contribution in [0.5, 0.6) is 0 Å². The zero-order chi connectivity index (χ0) is 33.8. The van der Waals surface area contributed by atoms with E-state index in [4.69, 9.17) is 10.8 Å². The number of fused-ring (bicyclic) bond motifs is 2. The number of nitrogen functional groups attached to an aromatic ring is 1. The van der Waals surface area contributed by atoms with Crippen molar-refractivity contribution in [2.45, 2.75) is 11.8 Å². The Morgan fingerprint density at radius 3 is 1.76 bits per heavy atom. The quantitative estimate of drug-likeness (QED) is 0.129. The number of nitrogens with zero attached hydrogens (tertiary/aromatic N) is 4. The topological polar surface area (TPSA) is 125 Å². The van der Waals surface area contributed by atoms with Crippen LogP contribution in [0.2, 0.25) is 0 Å². The summed E-state index contributed by atoms with van der Waals surface area (Å²) >= 11 is 3.15. The minimum atomic E-state index is -0.757. The maximum Gasteiger partial charge on any atom is 0.312 e. The second-order valence-corrected chi connectivity index (χ2v) is 13.1. The highest BCUT2D eigenvalue weighted by molar-refractivity contribution is 7.08. The monoisotopic (exact) mass is 740 g/mol. The number of pyridine rings is 2. The lowest BCUT2D eigenvalue weighted by atomic mass is 10.0. The number of carboxylic acids is 1. The van der Waals surface area contributed by atoms with Crippen LogP contribution in [0, 0.1) is 0 Å². The molecule has 0 fully saturated rings. The molecular weight excluding hydrogens is 699 g/mol. The molecule has 49 heavy (non-hydrogen) atoms. The lowest BCUT2D eigenvalue weighted by molar-refractivity contribution is -0.139. The van der Waals surface area contributed by atoms with Gasteiger partial charge in [0.25, 0.3) is 0 Å². The molecule has 0 spiro atoms. The van der Waals surface area contributed by atoms with Gasteiger partial charge in [0.2, 0.25) is 5.91 Å². The van der Waals surface area contributed by atoms with Crippen LogP contribution in [0.1, 0.15) is 23.0 Å². The number of hydrogen-bond donors (Lipinski definition) is 3. The molecule has 2 aromatic carbocycles. The molecule has 0 aliphatic carbocycles. The highest BCUT2D eigenvalue weighted by atomic mass is 35.5.